The molecule has 0 radical (unpaired) electrons. The predicted octanol–water partition coefficient (Wildman–Crippen LogP) is -0.476. The third-order valence-electron chi connectivity index (χ3n) is 1.60. The molecular formula is C8H10N2O6S2. The summed E-state index contributed by atoms with van der Waals surface area (Å²) in [4.78, 5) is 14.1. The number of aromatic nitrogens is 1. The number of pyridine rings is 1. The molecule has 1 aromatic heterocycles. The van der Waals surface area contributed by atoms with E-state index in [4.69, 9.17) is 5.11 Å². The van der Waals surface area contributed by atoms with Gasteiger partial charge in [-0.25, -0.2) is 26.6 Å². The van der Waals surface area contributed by atoms with E-state index >= 15 is 0 Å². The van der Waals surface area contributed by atoms with E-state index in [-0.39, 0.29) is 11.5 Å². The lowest BCUT2D eigenvalue weighted by Crippen LogP contribution is -2.23. The van der Waals surface area contributed by atoms with Gasteiger partial charge in [0.05, 0.1) is 0 Å². The van der Waals surface area contributed by atoms with Crippen LogP contribution in [0.15, 0.2) is 18.2 Å². The zero-order chi connectivity index (χ0) is 14.0. The first-order valence-corrected chi connectivity index (χ1v) is 8.19. The van der Waals surface area contributed by atoms with E-state index < -0.39 is 30.9 Å². The van der Waals surface area contributed by atoms with E-state index in [1.807, 2.05) is 4.72 Å². The van der Waals surface area contributed by atoms with Crippen molar-refractivity contribution in [3.8, 4) is 0 Å². The van der Waals surface area contributed by atoms with Crippen LogP contribution in [-0.2, 0) is 19.9 Å². The van der Waals surface area contributed by atoms with Crippen molar-refractivity contribution in [3.63, 3.8) is 0 Å². The van der Waals surface area contributed by atoms with Crippen molar-refractivity contribution >= 4 is 31.6 Å². The number of carboxylic acids is 1. The summed E-state index contributed by atoms with van der Waals surface area (Å²) >= 11 is 0. The molecule has 1 aromatic rings. The van der Waals surface area contributed by atoms with Crippen LogP contribution in [0.2, 0.25) is 0 Å². The minimum Gasteiger partial charge on any atom is -0.477 e. The van der Waals surface area contributed by atoms with Gasteiger partial charge in [0, 0.05) is 6.26 Å². The predicted molar refractivity (Wildman–Crippen MR) is 63.4 cm³/mol. The van der Waals surface area contributed by atoms with Crippen molar-refractivity contribution in [3.05, 3.63) is 23.9 Å². The maximum absolute atomic E-state index is 11.4. The highest BCUT2D eigenvalue weighted by Crippen LogP contribution is 2.08. The number of nitrogens with zero attached hydrogens (tertiary/aromatic N) is 1. The van der Waals surface area contributed by atoms with Gasteiger partial charge in [-0.1, -0.05) is 6.07 Å². The Morgan fingerprint density at radius 2 is 1.94 bits per heavy atom. The molecule has 0 aromatic carbocycles. The fourth-order valence-electron chi connectivity index (χ4n) is 1.08. The van der Waals surface area contributed by atoms with E-state index in [1.165, 1.54) is 18.2 Å². The Hall–Kier alpha value is -1.68. The molecule has 0 amide bonds. The van der Waals surface area contributed by atoms with Gasteiger partial charge < -0.3 is 5.11 Å². The highest BCUT2D eigenvalue weighted by molar-refractivity contribution is 8.08. The molecular weight excluding hydrogens is 284 g/mol. The molecule has 0 unspecified atom stereocenters. The lowest BCUT2D eigenvalue weighted by molar-refractivity contribution is 0.0690. The van der Waals surface area contributed by atoms with Gasteiger partial charge >= 0.3 is 5.97 Å². The SMILES string of the molecule is CS(=O)(=O)CS(=O)(=O)Nc1cccc(C(=O)O)n1. The molecule has 1 heterocycles. The van der Waals surface area contributed by atoms with Gasteiger partial charge in [-0.15, -0.1) is 0 Å². The van der Waals surface area contributed by atoms with Crippen molar-refractivity contribution in [2.45, 2.75) is 0 Å². The van der Waals surface area contributed by atoms with E-state index in [1.54, 1.807) is 0 Å². The number of hydrogen-bond donors (Lipinski definition) is 2. The van der Waals surface area contributed by atoms with Crippen molar-refractivity contribution in [1.29, 1.82) is 0 Å². The zero-order valence-corrected chi connectivity index (χ0v) is 10.8. The van der Waals surface area contributed by atoms with Crippen LogP contribution in [0.5, 0.6) is 0 Å². The van der Waals surface area contributed by atoms with Gasteiger partial charge in [-0.05, 0) is 12.1 Å². The molecule has 2 N–H and O–H groups in total. The summed E-state index contributed by atoms with van der Waals surface area (Å²) in [6.07, 6.45) is 0.771. The number of aromatic carboxylic acids is 1. The molecule has 1 rings (SSSR count). The quantitative estimate of drug-likeness (QED) is 0.750. The van der Waals surface area contributed by atoms with Gasteiger partial charge in [-0.2, -0.15) is 0 Å². The summed E-state index contributed by atoms with van der Waals surface area (Å²) in [5.74, 6) is -1.57. The summed E-state index contributed by atoms with van der Waals surface area (Å²) in [5, 5.41) is 7.56. The zero-order valence-electron chi connectivity index (χ0n) is 9.19. The van der Waals surface area contributed by atoms with Crippen LogP contribution < -0.4 is 4.72 Å². The van der Waals surface area contributed by atoms with Crippen LogP contribution in [0.3, 0.4) is 0 Å². The van der Waals surface area contributed by atoms with E-state index in [9.17, 15) is 21.6 Å². The second kappa shape index (κ2) is 4.90. The number of nitrogens with one attached hydrogen (secondary N) is 1. The van der Waals surface area contributed by atoms with Gasteiger partial charge in [-0.3, -0.25) is 4.72 Å². The van der Waals surface area contributed by atoms with Crippen molar-refractivity contribution in [1.82, 2.24) is 4.98 Å². The van der Waals surface area contributed by atoms with Crippen molar-refractivity contribution < 1.29 is 26.7 Å². The van der Waals surface area contributed by atoms with Gasteiger partial charge in [0.2, 0.25) is 10.0 Å². The Bertz CT molecular complexity index is 665. The highest BCUT2D eigenvalue weighted by Gasteiger charge is 2.19. The molecule has 0 aliphatic heterocycles. The largest absolute Gasteiger partial charge is 0.477 e. The van der Waals surface area contributed by atoms with Crippen LogP contribution in [0.4, 0.5) is 5.82 Å². The highest BCUT2D eigenvalue weighted by atomic mass is 32.3. The normalized spacial score (nSPS) is 12.1. The topological polar surface area (TPSA) is 130 Å². The molecule has 18 heavy (non-hydrogen) atoms. The summed E-state index contributed by atoms with van der Waals surface area (Å²) in [7, 11) is -7.85. The number of rotatable bonds is 5. The molecule has 0 fully saturated rings. The molecule has 0 atom stereocenters. The number of sulfone groups is 1. The summed E-state index contributed by atoms with van der Waals surface area (Å²) in [6, 6.07) is 3.68. The molecule has 8 nitrogen and oxygen atoms in total. The van der Waals surface area contributed by atoms with Crippen molar-refractivity contribution in [2.75, 3.05) is 16.1 Å². The first-order chi connectivity index (χ1) is 8.09. The molecule has 0 aliphatic carbocycles. The molecule has 10 heteroatoms. The number of anilines is 1. The molecule has 100 valence electrons. The Morgan fingerprint density at radius 1 is 1.33 bits per heavy atom. The van der Waals surface area contributed by atoms with Crippen molar-refractivity contribution in [2.24, 2.45) is 0 Å². The van der Waals surface area contributed by atoms with Crippen LogP contribution in [0, 0.1) is 0 Å². The van der Waals surface area contributed by atoms with Gasteiger partial charge in [0.15, 0.2) is 20.6 Å². The number of carboxylic acid groups (broad SMARTS) is 1. The molecule has 0 saturated carbocycles. The average Bonchev–Trinajstić information content (AvgIpc) is 2.12. The van der Waals surface area contributed by atoms with E-state index in [2.05, 4.69) is 4.98 Å². The smallest absolute Gasteiger partial charge is 0.354 e. The molecule has 0 saturated heterocycles. The number of hydrogen-bond acceptors (Lipinski definition) is 6. The molecule has 0 bridgehead atoms. The minimum atomic E-state index is -4.13. The summed E-state index contributed by atoms with van der Waals surface area (Å²) in [6.45, 7) is 0. The monoisotopic (exact) mass is 294 g/mol. The standard InChI is InChI=1S/C8H10N2O6S2/c1-17(13,14)5-18(15,16)10-7-4-2-3-6(9-7)8(11)12/h2-4H,5H2,1H3,(H,9,10)(H,11,12). The Balaban J connectivity index is 2.98. The van der Waals surface area contributed by atoms with Crippen LogP contribution in [0.1, 0.15) is 10.5 Å². The first-order valence-electron chi connectivity index (χ1n) is 4.48. The Morgan fingerprint density at radius 3 is 2.44 bits per heavy atom. The second-order valence-corrected chi connectivity index (χ2v) is 7.70. The fraction of sp³-hybridized carbons (Fsp3) is 0.250. The summed E-state index contributed by atoms with van der Waals surface area (Å²) < 4.78 is 46.5. The van der Waals surface area contributed by atoms with Crippen LogP contribution >= 0.6 is 0 Å². The van der Waals surface area contributed by atoms with Crippen LogP contribution in [-0.4, -0.2) is 44.2 Å². The minimum absolute atomic E-state index is 0.251. The second-order valence-electron chi connectivity index (χ2n) is 3.47. The maximum atomic E-state index is 11.4. The molecule has 0 spiro atoms. The van der Waals surface area contributed by atoms with Crippen LogP contribution in [0.25, 0.3) is 0 Å². The third-order valence-corrected chi connectivity index (χ3v) is 5.07. The lowest BCUT2D eigenvalue weighted by Gasteiger charge is -2.06. The molecule has 0 aliphatic rings. The van der Waals surface area contributed by atoms with Gasteiger partial charge in [0.1, 0.15) is 5.82 Å². The fourth-order valence-corrected chi connectivity index (χ4v) is 4.00. The maximum Gasteiger partial charge on any atom is 0.354 e. The van der Waals surface area contributed by atoms with Gasteiger partial charge in [0.25, 0.3) is 0 Å². The number of carbonyl (C=O) groups is 1. The Kier molecular flexibility index (Phi) is 3.92. The average molecular weight is 294 g/mol. The Labute approximate surface area is 104 Å². The third kappa shape index (κ3) is 4.67. The number of sulfonamides is 1. The summed E-state index contributed by atoms with van der Waals surface area (Å²) in [5.41, 5.74) is -0.352. The lowest BCUT2D eigenvalue weighted by atomic mass is 10.3. The van der Waals surface area contributed by atoms with E-state index in [0.29, 0.717) is 0 Å². The van der Waals surface area contributed by atoms with E-state index in [0.717, 1.165) is 6.26 Å². The first kappa shape index (κ1) is 14.4.